The fourth-order valence-corrected chi connectivity index (χ4v) is 5.23. The maximum absolute atomic E-state index is 12.8. The van der Waals surface area contributed by atoms with Crippen LogP contribution in [0.15, 0.2) is 54.7 Å². The van der Waals surface area contributed by atoms with Gasteiger partial charge in [0.2, 0.25) is 11.8 Å². The molecule has 7 nitrogen and oxygen atoms in total. The minimum absolute atomic E-state index is 0.0157. The number of aromatic amines is 1. The van der Waals surface area contributed by atoms with E-state index in [1.54, 1.807) is 7.11 Å². The van der Waals surface area contributed by atoms with Crippen LogP contribution in [-0.2, 0) is 22.6 Å². The van der Waals surface area contributed by atoms with Crippen molar-refractivity contribution in [3.63, 3.8) is 0 Å². The van der Waals surface area contributed by atoms with E-state index in [9.17, 15) is 9.59 Å². The summed E-state index contributed by atoms with van der Waals surface area (Å²) >= 11 is 0. The molecule has 2 aliphatic heterocycles. The van der Waals surface area contributed by atoms with Crippen molar-refractivity contribution in [2.45, 2.75) is 31.8 Å². The Morgan fingerprint density at radius 3 is 2.91 bits per heavy atom. The smallest absolute Gasteiger partial charge is 0.242 e. The van der Waals surface area contributed by atoms with E-state index in [1.165, 1.54) is 5.56 Å². The Labute approximate surface area is 193 Å². The number of nitrogens with one attached hydrogen (secondary N) is 3. The molecule has 0 unspecified atom stereocenters. The van der Waals surface area contributed by atoms with Crippen LogP contribution >= 0.6 is 0 Å². The molecule has 2 aliphatic rings. The molecule has 2 saturated heterocycles. The van der Waals surface area contributed by atoms with Gasteiger partial charge in [-0.05, 0) is 55.1 Å². The van der Waals surface area contributed by atoms with Crippen molar-refractivity contribution < 1.29 is 14.3 Å². The van der Waals surface area contributed by atoms with E-state index in [1.807, 2.05) is 42.6 Å². The second kappa shape index (κ2) is 8.90. The zero-order chi connectivity index (χ0) is 22.8. The molecule has 3 N–H and O–H groups in total. The third-order valence-corrected chi connectivity index (χ3v) is 7.05. The molecule has 2 fully saturated rings. The number of carbonyl (C=O) groups excluding carboxylic acids is 2. The maximum Gasteiger partial charge on any atom is 0.242 e. The molecule has 0 saturated carbocycles. The molecule has 172 valence electrons. The quantitative estimate of drug-likeness (QED) is 0.521. The lowest BCUT2D eigenvalue weighted by atomic mass is 9.84. The molecular weight excluding hydrogens is 416 g/mol. The Kier molecular flexibility index (Phi) is 5.81. The largest absolute Gasteiger partial charge is 0.497 e. The van der Waals surface area contributed by atoms with Crippen LogP contribution in [-0.4, -0.2) is 54.5 Å². The van der Waals surface area contributed by atoms with Crippen molar-refractivity contribution >= 4 is 22.7 Å². The lowest BCUT2D eigenvalue weighted by molar-refractivity contribution is -0.128. The van der Waals surface area contributed by atoms with Gasteiger partial charge in [-0.15, -0.1) is 0 Å². The van der Waals surface area contributed by atoms with Crippen LogP contribution in [0, 0.1) is 5.41 Å². The highest BCUT2D eigenvalue weighted by Gasteiger charge is 2.52. The van der Waals surface area contributed by atoms with Gasteiger partial charge in [0.15, 0.2) is 0 Å². The first-order valence-corrected chi connectivity index (χ1v) is 11.6. The molecular formula is C26H30N4O3. The Balaban J connectivity index is 1.15. The number of likely N-dealkylation sites (tertiary alicyclic amines) is 1. The highest BCUT2D eigenvalue weighted by molar-refractivity contribution is 5.94. The summed E-state index contributed by atoms with van der Waals surface area (Å²) in [6.07, 6.45) is 4.04. The molecule has 0 bridgehead atoms. The number of methoxy groups -OCH3 is 1. The standard InChI is InChI=1S/C26H30N4O3/c1-33-20-7-8-22-21(13-20)19(15-28-22)9-11-27-24(31)23-14-26(25(32)29-23)10-12-30(17-26)16-18-5-3-2-4-6-18/h2-8,13,15,23,28H,9-12,14,16-17H2,1H3,(H,27,31)(H,29,32)/t23-,26-/m0/s1. The number of ether oxygens (including phenoxy) is 1. The van der Waals surface area contributed by atoms with Crippen molar-refractivity contribution in [3.8, 4) is 5.75 Å². The summed E-state index contributed by atoms with van der Waals surface area (Å²) in [5, 5.41) is 7.08. The molecule has 33 heavy (non-hydrogen) atoms. The van der Waals surface area contributed by atoms with Crippen LogP contribution in [0.1, 0.15) is 24.0 Å². The summed E-state index contributed by atoms with van der Waals surface area (Å²) in [4.78, 5) is 31.3. The van der Waals surface area contributed by atoms with Gasteiger partial charge in [-0.3, -0.25) is 14.5 Å². The lowest BCUT2D eigenvalue weighted by Crippen LogP contribution is -2.42. The van der Waals surface area contributed by atoms with Crippen LogP contribution in [0.4, 0.5) is 0 Å². The van der Waals surface area contributed by atoms with E-state index in [4.69, 9.17) is 4.74 Å². The Morgan fingerprint density at radius 2 is 2.09 bits per heavy atom. The molecule has 2 amide bonds. The molecule has 2 aromatic carbocycles. The van der Waals surface area contributed by atoms with E-state index in [-0.39, 0.29) is 11.8 Å². The summed E-state index contributed by atoms with van der Waals surface area (Å²) in [7, 11) is 1.65. The molecule has 1 aromatic heterocycles. The predicted octanol–water partition coefficient (Wildman–Crippen LogP) is 2.62. The maximum atomic E-state index is 12.8. The van der Waals surface area contributed by atoms with Gasteiger partial charge in [0, 0.05) is 36.7 Å². The van der Waals surface area contributed by atoms with E-state index in [2.05, 4.69) is 32.7 Å². The Morgan fingerprint density at radius 1 is 1.24 bits per heavy atom. The summed E-state index contributed by atoms with van der Waals surface area (Å²) in [5.41, 5.74) is 2.97. The molecule has 5 rings (SSSR count). The van der Waals surface area contributed by atoms with Crippen LogP contribution < -0.4 is 15.4 Å². The van der Waals surface area contributed by atoms with Gasteiger partial charge < -0.3 is 20.4 Å². The van der Waals surface area contributed by atoms with Crippen LogP contribution in [0.5, 0.6) is 5.75 Å². The lowest BCUT2D eigenvalue weighted by Gasteiger charge is -2.21. The average Bonchev–Trinajstić information content (AvgIpc) is 3.52. The number of hydrogen-bond donors (Lipinski definition) is 3. The molecule has 7 heteroatoms. The van der Waals surface area contributed by atoms with Crippen molar-refractivity contribution in [1.82, 2.24) is 20.5 Å². The number of nitrogens with zero attached hydrogens (tertiary/aromatic N) is 1. The number of rotatable bonds is 7. The van der Waals surface area contributed by atoms with E-state index < -0.39 is 11.5 Å². The number of amides is 2. The fraction of sp³-hybridized carbons (Fsp3) is 0.385. The number of aromatic nitrogens is 1. The zero-order valence-corrected chi connectivity index (χ0v) is 18.9. The number of carbonyl (C=O) groups is 2. The summed E-state index contributed by atoms with van der Waals surface area (Å²) < 4.78 is 5.33. The van der Waals surface area contributed by atoms with Crippen LogP contribution in [0.2, 0.25) is 0 Å². The first-order chi connectivity index (χ1) is 16.1. The fourth-order valence-electron chi connectivity index (χ4n) is 5.23. The second-order valence-electron chi connectivity index (χ2n) is 9.22. The first-order valence-electron chi connectivity index (χ1n) is 11.6. The highest BCUT2D eigenvalue weighted by atomic mass is 16.5. The summed E-state index contributed by atoms with van der Waals surface area (Å²) in [6.45, 7) is 2.93. The highest BCUT2D eigenvalue weighted by Crippen LogP contribution is 2.40. The van der Waals surface area contributed by atoms with Gasteiger partial charge in [0.05, 0.1) is 12.5 Å². The normalized spacial score (nSPS) is 22.7. The topological polar surface area (TPSA) is 86.5 Å². The number of fused-ring (bicyclic) bond motifs is 1. The SMILES string of the molecule is COc1ccc2[nH]cc(CCNC(=O)[C@@H]3C[C@]4(CCN(Cc5ccccc5)C4)C(=O)N3)c2c1. The van der Waals surface area contributed by atoms with E-state index in [0.717, 1.165) is 41.7 Å². The molecule has 0 aliphatic carbocycles. The molecule has 1 spiro atoms. The van der Waals surface area contributed by atoms with Gasteiger partial charge in [0.1, 0.15) is 11.8 Å². The average molecular weight is 447 g/mol. The number of benzene rings is 2. The predicted molar refractivity (Wildman–Crippen MR) is 127 cm³/mol. The summed E-state index contributed by atoms with van der Waals surface area (Å²) in [5.74, 6) is 0.727. The van der Waals surface area contributed by atoms with Gasteiger partial charge in [0.25, 0.3) is 0 Å². The van der Waals surface area contributed by atoms with Crippen molar-refractivity contribution in [1.29, 1.82) is 0 Å². The van der Waals surface area contributed by atoms with Crippen molar-refractivity contribution in [2.75, 3.05) is 26.7 Å². The third kappa shape index (κ3) is 4.33. The minimum Gasteiger partial charge on any atom is -0.497 e. The van der Waals surface area contributed by atoms with E-state index in [0.29, 0.717) is 25.9 Å². The number of hydrogen-bond acceptors (Lipinski definition) is 4. The molecule has 0 radical (unpaired) electrons. The second-order valence-corrected chi connectivity index (χ2v) is 9.22. The first kappa shape index (κ1) is 21.5. The van der Waals surface area contributed by atoms with Gasteiger partial charge in [-0.2, -0.15) is 0 Å². The van der Waals surface area contributed by atoms with Gasteiger partial charge in [-0.1, -0.05) is 30.3 Å². The molecule has 3 aromatic rings. The number of H-pyrrole nitrogens is 1. The van der Waals surface area contributed by atoms with Crippen LogP contribution in [0.25, 0.3) is 10.9 Å². The molecule has 2 atom stereocenters. The van der Waals surface area contributed by atoms with Gasteiger partial charge in [-0.25, -0.2) is 0 Å². The monoisotopic (exact) mass is 446 g/mol. The van der Waals surface area contributed by atoms with Gasteiger partial charge >= 0.3 is 0 Å². The Hall–Kier alpha value is -3.32. The van der Waals surface area contributed by atoms with E-state index >= 15 is 0 Å². The zero-order valence-electron chi connectivity index (χ0n) is 18.9. The minimum atomic E-state index is -0.461. The Bertz CT molecular complexity index is 1160. The summed E-state index contributed by atoms with van der Waals surface area (Å²) in [6, 6.07) is 15.8. The molecule has 3 heterocycles. The van der Waals surface area contributed by atoms with Crippen LogP contribution in [0.3, 0.4) is 0 Å². The van der Waals surface area contributed by atoms with Crippen molar-refractivity contribution in [2.24, 2.45) is 5.41 Å². The third-order valence-electron chi connectivity index (χ3n) is 7.05. The van der Waals surface area contributed by atoms with Crippen molar-refractivity contribution in [3.05, 3.63) is 65.9 Å².